The Bertz CT molecular complexity index is 565. The maximum Gasteiger partial charge on any atom is 0.372 e. The highest BCUT2D eigenvalue weighted by atomic mass is 32.1. The summed E-state index contributed by atoms with van der Waals surface area (Å²) in [6.07, 6.45) is 3.23. The van der Waals surface area contributed by atoms with E-state index in [1.54, 1.807) is 11.6 Å². The van der Waals surface area contributed by atoms with Gasteiger partial charge in [-0.05, 0) is 17.3 Å². The molecular formula is C11H16N4O3S. The second-order valence-electron chi connectivity index (χ2n) is 4.26. The molecule has 7 nitrogen and oxygen atoms in total. The first-order valence-electron chi connectivity index (χ1n) is 6.12. The lowest BCUT2D eigenvalue weighted by molar-refractivity contribution is -0.389. The summed E-state index contributed by atoms with van der Waals surface area (Å²) < 4.78 is 1.47. The minimum absolute atomic E-state index is 0.0323. The summed E-state index contributed by atoms with van der Waals surface area (Å²) in [5.74, 6) is 0.549. The van der Waals surface area contributed by atoms with Crippen LogP contribution in [0.25, 0.3) is 4.96 Å². The average Bonchev–Trinajstić information content (AvgIpc) is 2.93. The van der Waals surface area contributed by atoms with Crippen LogP contribution in [0, 0.1) is 16.0 Å². The molecule has 2 N–H and O–H groups in total. The van der Waals surface area contributed by atoms with Crippen LogP contribution in [0.1, 0.15) is 19.8 Å². The van der Waals surface area contributed by atoms with Gasteiger partial charge in [0, 0.05) is 18.5 Å². The fourth-order valence-electron chi connectivity index (χ4n) is 1.94. The number of nitro groups is 1. The quantitative estimate of drug-likeness (QED) is 0.600. The van der Waals surface area contributed by atoms with E-state index in [0.29, 0.717) is 23.7 Å². The first-order valence-corrected chi connectivity index (χ1v) is 7.00. The lowest BCUT2D eigenvalue weighted by atomic mass is 10.0. The third-order valence-corrected chi connectivity index (χ3v) is 3.84. The van der Waals surface area contributed by atoms with Gasteiger partial charge >= 0.3 is 5.82 Å². The SMILES string of the molecule is CCC(CCO)CNc1nc2sccn2c1[N+](=O)[O-]. The van der Waals surface area contributed by atoms with Gasteiger partial charge in [-0.3, -0.25) is 0 Å². The number of aliphatic hydroxyl groups is 1. The van der Waals surface area contributed by atoms with Crippen molar-refractivity contribution in [2.75, 3.05) is 18.5 Å². The van der Waals surface area contributed by atoms with Gasteiger partial charge in [-0.2, -0.15) is 9.38 Å². The van der Waals surface area contributed by atoms with E-state index in [9.17, 15) is 10.1 Å². The fraction of sp³-hybridized carbons (Fsp3) is 0.545. The predicted molar refractivity (Wildman–Crippen MR) is 73.7 cm³/mol. The van der Waals surface area contributed by atoms with Crippen molar-refractivity contribution in [3.63, 3.8) is 0 Å². The van der Waals surface area contributed by atoms with Crippen molar-refractivity contribution in [3.05, 3.63) is 21.7 Å². The summed E-state index contributed by atoms with van der Waals surface area (Å²) in [6.45, 7) is 2.73. The third kappa shape index (κ3) is 2.85. The Labute approximate surface area is 114 Å². The number of nitrogens with one attached hydrogen (secondary N) is 1. The first-order chi connectivity index (χ1) is 9.17. The molecule has 0 aromatic carbocycles. The smallest absolute Gasteiger partial charge is 0.372 e. The van der Waals surface area contributed by atoms with Gasteiger partial charge < -0.3 is 20.5 Å². The number of fused-ring (bicyclic) bond motifs is 1. The zero-order valence-corrected chi connectivity index (χ0v) is 11.4. The van der Waals surface area contributed by atoms with Crippen molar-refractivity contribution in [1.82, 2.24) is 9.38 Å². The minimum Gasteiger partial charge on any atom is -0.396 e. The molecule has 1 atom stereocenters. The zero-order valence-electron chi connectivity index (χ0n) is 10.6. The molecule has 19 heavy (non-hydrogen) atoms. The second kappa shape index (κ2) is 5.98. The van der Waals surface area contributed by atoms with Crippen molar-refractivity contribution < 1.29 is 10.0 Å². The molecule has 2 heterocycles. The van der Waals surface area contributed by atoms with Crippen molar-refractivity contribution in [3.8, 4) is 0 Å². The Morgan fingerprint density at radius 1 is 1.68 bits per heavy atom. The summed E-state index contributed by atoms with van der Waals surface area (Å²) in [4.78, 5) is 15.5. The number of thiazole rings is 1. The molecule has 2 aromatic heterocycles. The van der Waals surface area contributed by atoms with E-state index in [1.165, 1.54) is 15.7 Å². The van der Waals surface area contributed by atoms with E-state index in [-0.39, 0.29) is 18.3 Å². The monoisotopic (exact) mass is 284 g/mol. The Morgan fingerprint density at radius 3 is 3.11 bits per heavy atom. The highest BCUT2D eigenvalue weighted by Gasteiger charge is 2.23. The van der Waals surface area contributed by atoms with E-state index < -0.39 is 4.92 Å². The molecule has 0 saturated heterocycles. The van der Waals surface area contributed by atoms with Gasteiger partial charge in [-0.25, -0.2) is 0 Å². The molecule has 0 saturated carbocycles. The van der Waals surface area contributed by atoms with E-state index in [0.717, 1.165) is 6.42 Å². The molecule has 0 radical (unpaired) electrons. The lowest BCUT2D eigenvalue weighted by Gasteiger charge is -2.13. The third-order valence-electron chi connectivity index (χ3n) is 3.08. The number of nitrogens with zero attached hydrogens (tertiary/aromatic N) is 3. The molecule has 0 fully saturated rings. The number of aromatic nitrogens is 2. The molecular weight excluding hydrogens is 268 g/mol. The summed E-state index contributed by atoms with van der Waals surface area (Å²) in [7, 11) is 0. The van der Waals surface area contributed by atoms with Crippen LogP contribution in [0.2, 0.25) is 0 Å². The lowest BCUT2D eigenvalue weighted by Crippen LogP contribution is -2.15. The molecule has 0 amide bonds. The average molecular weight is 284 g/mol. The Morgan fingerprint density at radius 2 is 2.47 bits per heavy atom. The fourth-order valence-corrected chi connectivity index (χ4v) is 2.65. The summed E-state index contributed by atoms with van der Waals surface area (Å²) >= 11 is 1.36. The van der Waals surface area contributed by atoms with Crippen molar-refractivity contribution in [2.45, 2.75) is 19.8 Å². The Hall–Kier alpha value is -1.67. The zero-order chi connectivity index (χ0) is 13.8. The molecule has 2 aromatic rings. The van der Waals surface area contributed by atoms with E-state index in [4.69, 9.17) is 5.11 Å². The van der Waals surface area contributed by atoms with E-state index in [1.807, 2.05) is 6.92 Å². The molecule has 104 valence electrons. The van der Waals surface area contributed by atoms with Crippen LogP contribution < -0.4 is 5.32 Å². The topological polar surface area (TPSA) is 92.7 Å². The number of hydrogen-bond acceptors (Lipinski definition) is 6. The van der Waals surface area contributed by atoms with Gasteiger partial charge in [-0.1, -0.05) is 24.7 Å². The van der Waals surface area contributed by atoms with Crippen molar-refractivity contribution in [2.24, 2.45) is 5.92 Å². The van der Waals surface area contributed by atoms with Gasteiger partial charge in [0.25, 0.3) is 4.96 Å². The van der Waals surface area contributed by atoms with E-state index >= 15 is 0 Å². The highest BCUT2D eigenvalue weighted by molar-refractivity contribution is 7.15. The van der Waals surface area contributed by atoms with Gasteiger partial charge in [0.2, 0.25) is 5.82 Å². The maximum absolute atomic E-state index is 11.1. The number of rotatable bonds is 7. The Kier molecular flexibility index (Phi) is 4.33. The molecule has 1 unspecified atom stereocenters. The summed E-state index contributed by atoms with van der Waals surface area (Å²) in [5.41, 5.74) is 0. The maximum atomic E-state index is 11.1. The predicted octanol–water partition coefficient (Wildman–Crippen LogP) is 2.12. The number of hydrogen-bond donors (Lipinski definition) is 2. The van der Waals surface area contributed by atoms with Crippen molar-refractivity contribution >= 4 is 27.9 Å². The van der Waals surface area contributed by atoms with Crippen LogP contribution in [-0.4, -0.2) is 32.6 Å². The summed E-state index contributed by atoms with van der Waals surface area (Å²) in [6, 6.07) is 0. The second-order valence-corrected chi connectivity index (χ2v) is 5.14. The molecule has 8 heteroatoms. The summed E-state index contributed by atoms with van der Waals surface area (Å²) in [5, 5.41) is 24.8. The van der Waals surface area contributed by atoms with Crippen molar-refractivity contribution in [1.29, 1.82) is 0 Å². The Balaban J connectivity index is 2.17. The first kappa shape index (κ1) is 13.8. The molecule has 0 aliphatic rings. The van der Waals surface area contributed by atoms with Gasteiger partial charge in [0.05, 0.1) is 0 Å². The molecule has 2 rings (SSSR count). The van der Waals surface area contributed by atoms with Crippen LogP contribution in [0.5, 0.6) is 0 Å². The molecule has 0 bridgehead atoms. The largest absolute Gasteiger partial charge is 0.396 e. The molecule has 0 spiro atoms. The number of aliphatic hydroxyl groups excluding tert-OH is 1. The van der Waals surface area contributed by atoms with E-state index in [2.05, 4.69) is 10.3 Å². The highest BCUT2D eigenvalue weighted by Crippen LogP contribution is 2.28. The van der Waals surface area contributed by atoms with Gasteiger partial charge in [-0.15, -0.1) is 0 Å². The standard InChI is InChI=1S/C11H16N4O3S/c1-2-8(3-5-16)7-12-9-10(15(17)18)14-4-6-19-11(14)13-9/h4,6,8,12,16H,2-3,5,7H2,1H3. The minimum atomic E-state index is -0.429. The van der Waals surface area contributed by atoms with Crippen LogP contribution in [0.3, 0.4) is 0 Å². The van der Waals surface area contributed by atoms with Crippen LogP contribution >= 0.6 is 11.3 Å². The van der Waals surface area contributed by atoms with Crippen LogP contribution in [0.15, 0.2) is 11.6 Å². The van der Waals surface area contributed by atoms with Gasteiger partial charge in [0.1, 0.15) is 6.20 Å². The molecule has 0 aliphatic heterocycles. The van der Waals surface area contributed by atoms with Crippen LogP contribution in [-0.2, 0) is 0 Å². The van der Waals surface area contributed by atoms with Crippen LogP contribution in [0.4, 0.5) is 11.6 Å². The number of imidazole rings is 1. The number of anilines is 1. The normalized spacial score (nSPS) is 12.7. The van der Waals surface area contributed by atoms with Gasteiger partial charge in [0.15, 0.2) is 0 Å². The molecule has 0 aliphatic carbocycles.